The number of benzene rings is 2. The van der Waals surface area contributed by atoms with E-state index in [2.05, 4.69) is 19.9 Å². The third kappa shape index (κ3) is 5.50. The van der Waals surface area contributed by atoms with Crippen molar-refractivity contribution in [1.29, 1.82) is 0 Å². The van der Waals surface area contributed by atoms with Crippen LogP contribution < -0.4 is 5.63 Å². The highest BCUT2D eigenvalue weighted by atomic mass is 19.1. The first-order valence-corrected chi connectivity index (χ1v) is 13.3. The van der Waals surface area contributed by atoms with Gasteiger partial charge in [0.15, 0.2) is 11.4 Å². The maximum Gasteiger partial charge on any atom is 0.344 e. The second kappa shape index (κ2) is 11.3. The molecule has 1 saturated carbocycles. The van der Waals surface area contributed by atoms with E-state index in [4.69, 9.17) is 4.42 Å². The summed E-state index contributed by atoms with van der Waals surface area (Å²) in [4.78, 5) is 12.8. The van der Waals surface area contributed by atoms with Crippen molar-refractivity contribution in [2.45, 2.75) is 103 Å². The molecule has 1 fully saturated rings. The Morgan fingerprint density at radius 2 is 1.55 bits per heavy atom. The summed E-state index contributed by atoms with van der Waals surface area (Å²) in [5, 5.41) is 2.08. The van der Waals surface area contributed by atoms with Crippen LogP contribution in [-0.2, 0) is 6.42 Å². The highest BCUT2D eigenvalue weighted by Crippen LogP contribution is 2.38. The van der Waals surface area contributed by atoms with Crippen LogP contribution in [0.2, 0.25) is 0 Å². The second-order valence-electron chi connectivity index (χ2n) is 10.1. The molecule has 4 rings (SSSR count). The first-order valence-electron chi connectivity index (χ1n) is 13.3. The lowest BCUT2D eigenvalue weighted by Crippen LogP contribution is -2.13. The summed E-state index contributed by atoms with van der Waals surface area (Å²) >= 11 is 0. The van der Waals surface area contributed by atoms with Crippen LogP contribution in [0.15, 0.2) is 39.5 Å². The summed E-state index contributed by atoms with van der Waals surface area (Å²) in [5.74, 6) is 0.988. The van der Waals surface area contributed by atoms with Crippen LogP contribution in [0.25, 0.3) is 21.7 Å². The smallest absolute Gasteiger partial charge is 0.344 e. The molecule has 1 aromatic heterocycles. The van der Waals surface area contributed by atoms with Gasteiger partial charge in [-0.1, -0.05) is 83.1 Å². The Hall–Kier alpha value is -2.16. The molecule has 0 N–H and O–H groups in total. The quantitative estimate of drug-likeness (QED) is 0.175. The third-order valence-electron chi connectivity index (χ3n) is 7.87. The zero-order chi connectivity index (χ0) is 23.2. The number of fused-ring (bicyclic) bond motifs is 3. The highest BCUT2D eigenvalue weighted by molar-refractivity contribution is 6.04. The van der Waals surface area contributed by atoms with E-state index in [-0.39, 0.29) is 11.4 Å². The average molecular weight is 451 g/mol. The Morgan fingerprint density at radius 3 is 2.27 bits per heavy atom. The first kappa shape index (κ1) is 24.0. The minimum atomic E-state index is -0.423. The Morgan fingerprint density at radius 1 is 0.848 bits per heavy atom. The molecule has 0 saturated heterocycles. The fourth-order valence-corrected chi connectivity index (χ4v) is 5.65. The lowest BCUT2D eigenvalue weighted by molar-refractivity contribution is 0.319. The number of hydrogen-bond acceptors (Lipinski definition) is 2. The summed E-state index contributed by atoms with van der Waals surface area (Å²) in [6.07, 6.45) is 15.2. The fourth-order valence-electron chi connectivity index (χ4n) is 5.65. The van der Waals surface area contributed by atoms with E-state index in [0.29, 0.717) is 28.7 Å². The van der Waals surface area contributed by atoms with E-state index < -0.39 is 5.63 Å². The Kier molecular flexibility index (Phi) is 8.22. The maximum atomic E-state index is 15.3. The van der Waals surface area contributed by atoms with Crippen molar-refractivity contribution in [3.63, 3.8) is 0 Å². The largest absolute Gasteiger partial charge is 0.419 e. The van der Waals surface area contributed by atoms with E-state index in [1.54, 1.807) is 0 Å². The molecule has 0 radical (unpaired) electrons. The van der Waals surface area contributed by atoms with Crippen LogP contribution in [-0.4, -0.2) is 0 Å². The monoisotopic (exact) mass is 450 g/mol. The topological polar surface area (TPSA) is 30.2 Å². The van der Waals surface area contributed by atoms with Gasteiger partial charge in [0.1, 0.15) is 0 Å². The SMILES string of the molecule is CCCCCCCCCc1ccc2c(oc(=O)c3cc(C4CCC(CC)CC4)ccc32)c1F. The zero-order valence-corrected chi connectivity index (χ0v) is 20.4. The average Bonchev–Trinajstić information content (AvgIpc) is 2.85. The number of halogens is 1. The molecular weight excluding hydrogens is 411 g/mol. The van der Waals surface area contributed by atoms with Gasteiger partial charge in [0, 0.05) is 10.8 Å². The van der Waals surface area contributed by atoms with Crippen molar-refractivity contribution in [1.82, 2.24) is 0 Å². The Bertz CT molecular complexity index is 1120. The van der Waals surface area contributed by atoms with Crippen LogP contribution in [0.4, 0.5) is 4.39 Å². The van der Waals surface area contributed by atoms with Gasteiger partial charge < -0.3 is 4.42 Å². The van der Waals surface area contributed by atoms with Gasteiger partial charge >= 0.3 is 5.63 Å². The second-order valence-corrected chi connectivity index (χ2v) is 10.1. The number of hydrogen-bond donors (Lipinski definition) is 0. The van der Waals surface area contributed by atoms with E-state index in [9.17, 15) is 4.79 Å². The van der Waals surface area contributed by atoms with E-state index >= 15 is 4.39 Å². The van der Waals surface area contributed by atoms with Gasteiger partial charge in [-0.25, -0.2) is 9.18 Å². The molecule has 3 heteroatoms. The summed E-state index contributed by atoms with van der Waals surface area (Å²) < 4.78 is 20.8. The molecule has 0 aliphatic heterocycles. The van der Waals surface area contributed by atoms with Crippen LogP contribution >= 0.6 is 0 Å². The summed E-state index contributed by atoms with van der Waals surface area (Å²) in [6, 6.07) is 9.97. The van der Waals surface area contributed by atoms with Crippen LogP contribution in [0.5, 0.6) is 0 Å². The molecule has 0 atom stereocenters. The summed E-state index contributed by atoms with van der Waals surface area (Å²) in [7, 11) is 0. The molecule has 0 spiro atoms. The van der Waals surface area contributed by atoms with Gasteiger partial charge in [-0.05, 0) is 67.6 Å². The first-order chi connectivity index (χ1) is 16.1. The molecule has 0 bridgehead atoms. The molecule has 0 amide bonds. The van der Waals surface area contributed by atoms with Crippen molar-refractivity contribution >= 4 is 21.7 Å². The fraction of sp³-hybridized carbons (Fsp3) is 0.567. The predicted octanol–water partition coefficient (Wildman–Crippen LogP) is 9.06. The molecule has 1 heterocycles. The molecule has 33 heavy (non-hydrogen) atoms. The van der Waals surface area contributed by atoms with Crippen LogP contribution in [0.3, 0.4) is 0 Å². The number of unbranched alkanes of at least 4 members (excludes halogenated alkanes) is 6. The lowest BCUT2D eigenvalue weighted by atomic mass is 9.77. The molecule has 2 aromatic carbocycles. The minimum Gasteiger partial charge on any atom is -0.419 e. The minimum absolute atomic E-state index is 0.115. The molecule has 2 nitrogen and oxygen atoms in total. The van der Waals surface area contributed by atoms with E-state index in [1.807, 2.05) is 24.3 Å². The van der Waals surface area contributed by atoms with Gasteiger partial charge in [-0.15, -0.1) is 0 Å². The Labute approximate surface area is 197 Å². The zero-order valence-electron chi connectivity index (χ0n) is 20.4. The maximum absolute atomic E-state index is 15.3. The van der Waals surface area contributed by atoms with Gasteiger partial charge in [0.05, 0.1) is 5.39 Å². The van der Waals surface area contributed by atoms with Crippen molar-refractivity contribution < 1.29 is 8.81 Å². The van der Waals surface area contributed by atoms with E-state index in [1.165, 1.54) is 69.8 Å². The molecule has 0 unspecified atom stereocenters. The summed E-state index contributed by atoms with van der Waals surface area (Å²) in [5.41, 5.74) is 1.57. The molecule has 178 valence electrons. The lowest BCUT2D eigenvalue weighted by Gasteiger charge is -2.28. The van der Waals surface area contributed by atoms with Gasteiger partial charge in [-0.2, -0.15) is 0 Å². The van der Waals surface area contributed by atoms with Gasteiger partial charge in [0.25, 0.3) is 0 Å². The number of aryl methyl sites for hydroxylation is 1. The number of rotatable bonds is 10. The van der Waals surface area contributed by atoms with E-state index in [0.717, 1.165) is 24.1 Å². The Balaban J connectivity index is 1.52. The van der Waals surface area contributed by atoms with Crippen LogP contribution in [0, 0.1) is 11.7 Å². The van der Waals surface area contributed by atoms with Crippen molar-refractivity contribution in [3.05, 3.63) is 57.7 Å². The van der Waals surface area contributed by atoms with Gasteiger partial charge in [-0.3, -0.25) is 0 Å². The van der Waals surface area contributed by atoms with Crippen LogP contribution in [0.1, 0.15) is 108 Å². The molecule has 3 aromatic rings. The van der Waals surface area contributed by atoms with Gasteiger partial charge in [0.2, 0.25) is 0 Å². The van der Waals surface area contributed by atoms with Crippen molar-refractivity contribution in [2.75, 3.05) is 0 Å². The standard InChI is InChI=1S/C30H39FO2/c1-3-5-6-7-8-9-10-11-23-16-19-26-25-18-17-24(22-14-12-21(4-2)13-15-22)20-27(25)30(32)33-29(26)28(23)31/h16-22H,3-15H2,1-2H3. The van der Waals surface area contributed by atoms with Crippen molar-refractivity contribution in [3.8, 4) is 0 Å². The molecule has 1 aliphatic carbocycles. The third-order valence-corrected chi connectivity index (χ3v) is 7.87. The normalized spacial score (nSPS) is 18.9. The molecular formula is C30H39FO2. The predicted molar refractivity (Wildman–Crippen MR) is 137 cm³/mol. The highest BCUT2D eigenvalue weighted by Gasteiger charge is 2.22. The summed E-state index contributed by atoms with van der Waals surface area (Å²) in [6.45, 7) is 4.50. The van der Waals surface area contributed by atoms with Crippen molar-refractivity contribution in [2.24, 2.45) is 5.92 Å². The molecule has 1 aliphatic rings.